The van der Waals surface area contributed by atoms with Crippen molar-refractivity contribution in [3.63, 3.8) is 0 Å². The molecule has 0 atom stereocenters. The van der Waals surface area contributed by atoms with Crippen molar-refractivity contribution in [2.75, 3.05) is 41.0 Å². The minimum absolute atomic E-state index is 0.834. The molecule has 0 aliphatic heterocycles. The molecule has 1 aromatic rings. The van der Waals surface area contributed by atoms with Crippen LogP contribution in [0, 0.1) is 0 Å². The van der Waals surface area contributed by atoms with Crippen LogP contribution < -0.4 is 10.6 Å². The summed E-state index contributed by atoms with van der Waals surface area (Å²) >= 11 is 0. The number of hydrogen-bond donors (Lipinski definition) is 2. The summed E-state index contributed by atoms with van der Waals surface area (Å²) in [6, 6.07) is 11.3. The van der Waals surface area contributed by atoms with Crippen LogP contribution in [0.3, 0.4) is 0 Å². The van der Waals surface area contributed by atoms with Crippen molar-refractivity contribution >= 4 is 8.80 Å². The van der Waals surface area contributed by atoms with E-state index in [4.69, 9.17) is 13.3 Å². The van der Waals surface area contributed by atoms with E-state index in [0.29, 0.717) is 0 Å². The van der Waals surface area contributed by atoms with Gasteiger partial charge in [-0.3, -0.25) is 0 Å². The number of hydrogen-bond acceptors (Lipinski definition) is 5. The summed E-state index contributed by atoms with van der Waals surface area (Å²) in [6.07, 6.45) is 0.987. The Hall–Kier alpha value is -0.763. The predicted molar refractivity (Wildman–Crippen MR) is 98.6 cm³/mol. The summed E-state index contributed by atoms with van der Waals surface area (Å²) in [4.78, 5) is 0. The lowest BCUT2D eigenvalue weighted by atomic mass is 10.2. The van der Waals surface area contributed by atoms with Crippen LogP contribution in [0.25, 0.3) is 0 Å². The molecule has 0 aromatic heterocycles. The van der Waals surface area contributed by atoms with Gasteiger partial charge in [0.05, 0.1) is 0 Å². The van der Waals surface area contributed by atoms with Crippen molar-refractivity contribution in [2.24, 2.45) is 0 Å². The Labute approximate surface area is 143 Å². The lowest BCUT2D eigenvalue weighted by Gasteiger charge is -2.24. The highest BCUT2D eigenvalue weighted by atomic mass is 28.4. The van der Waals surface area contributed by atoms with Gasteiger partial charge < -0.3 is 23.9 Å². The van der Waals surface area contributed by atoms with Gasteiger partial charge in [0.25, 0.3) is 0 Å². The molecule has 0 aliphatic rings. The second-order valence-corrected chi connectivity index (χ2v) is 7.90. The van der Waals surface area contributed by atoms with Crippen LogP contribution in [0.2, 0.25) is 6.04 Å². The van der Waals surface area contributed by atoms with E-state index in [-0.39, 0.29) is 0 Å². The standard InChI is InChI=1S/C15H28N2O3Si.C2H6/c1-18-21(19-2,20-3)13-7-10-16-11-12-17-14-15-8-5-4-6-9-15;1-2/h4-6,8-9,16-17H,7,10-14H2,1-3H3;1-2H3. The zero-order chi connectivity index (χ0) is 17.4. The molecule has 1 aromatic carbocycles. The van der Waals surface area contributed by atoms with Gasteiger partial charge in [0.1, 0.15) is 0 Å². The van der Waals surface area contributed by atoms with Gasteiger partial charge in [-0.15, -0.1) is 0 Å². The first kappa shape index (κ1) is 22.2. The van der Waals surface area contributed by atoms with Gasteiger partial charge in [-0.1, -0.05) is 44.2 Å². The molecule has 0 bridgehead atoms. The summed E-state index contributed by atoms with van der Waals surface area (Å²) < 4.78 is 16.2. The molecule has 23 heavy (non-hydrogen) atoms. The Bertz CT molecular complexity index is 354. The van der Waals surface area contributed by atoms with E-state index < -0.39 is 8.80 Å². The first-order valence-electron chi connectivity index (χ1n) is 8.37. The van der Waals surface area contributed by atoms with E-state index in [2.05, 4.69) is 34.9 Å². The molecule has 0 radical (unpaired) electrons. The number of benzene rings is 1. The Morgan fingerprint density at radius 1 is 0.826 bits per heavy atom. The first-order valence-corrected chi connectivity index (χ1v) is 10.3. The van der Waals surface area contributed by atoms with Crippen LogP contribution in [0.5, 0.6) is 0 Å². The van der Waals surface area contributed by atoms with E-state index in [1.807, 2.05) is 19.9 Å². The van der Waals surface area contributed by atoms with E-state index in [1.165, 1.54) is 5.56 Å². The second-order valence-electron chi connectivity index (χ2n) is 4.81. The van der Waals surface area contributed by atoms with Gasteiger partial charge in [0, 0.05) is 47.0 Å². The maximum atomic E-state index is 5.38. The average Bonchev–Trinajstić information content (AvgIpc) is 2.64. The summed E-state index contributed by atoms with van der Waals surface area (Å²) in [5, 5.41) is 6.82. The molecule has 5 nitrogen and oxygen atoms in total. The molecule has 134 valence electrons. The van der Waals surface area contributed by atoms with Gasteiger partial charge in [-0.25, -0.2) is 0 Å². The minimum atomic E-state index is -2.39. The van der Waals surface area contributed by atoms with Crippen molar-refractivity contribution in [2.45, 2.75) is 32.9 Å². The maximum absolute atomic E-state index is 5.38. The summed E-state index contributed by atoms with van der Waals surface area (Å²) in [7, 11) is 2.57. The number of nitrogens with one attached hydrogen (secondary N) is 2. The smallest absolute Gasteiger partial charge is 0.377 e. The topological polar surface area (TPSA) is 51.8 Å². The Balaban J connectivity index is 0.00000232. The Kier molecular flexibility index (Phi) is 14.3. The van der Waals surface area contributed by atoms with E-state index >= 15 is 0 Å². The van der Waals surface area contributed by atoms with Crippen molar-refractivity contribution in [3.05, 3.63) is 35.9 Å². The molecular formula is C17H34N2O3Si. The summed E-state index contributed by atoms with van der Waals surface area (Å²) in [5.74, 6) is 0. The van der Waals surface area contributed by atoms with Gasteiger partial charge in [-0.05, 0) is 18.5 Å². The van der Waals surface area contributed by atoms with E-state index in [1.54, 1.807) is 21.3 Å². The molecule has 1 rings (SSSR count). The van der Waals surface area contributed by atoms with Crippen LogP contribution in [-0.4, -0.2) is 49.8 Å². The highest BCUT2D eigenvalue weighted by molar-refractivity contribution is 6.60. The fraction of sp³-hybridized carbons (Fsp3) is 0.647. The van der Waals surface area contributed by atoms with Crippen LogP contribution >= 0.6 is 0 Å². The molecule has 0 unspecified atom stereocenters. The molecule has 0 heterocycles. The molecule has 0 fully saturated rings. The third kappa shape index (κ3) is 9.86. The summed E-state index contributed by atoms with van der Waals surface area (Å²) in [5.41, 5.74) is 1.31. The molecule has 6 heteroatoms. The Morgan fingerprint density at radius 3 is 1.96 bits per heavy atom. The molecular weight excluding hydrogens is 308 g/mol. The SMILES string of the molecule is CC.CO[Si](CCCNCCNCc1ccccc1)(OC)OC. The van der Waals surface area contributed by atoms with E-state index in [0.717, 1.165) is 38.6 Å². The van der Waals surface area contributed by atoms with Crippen molar-refractivity contribution < 1.29 is 13.3 Å². The van der Waals surface area contributed by atoms with E-state index in [9.17, 15) is 0 Å². The van der Waals surface area contributed by atoms with Gasteiger partial charge in [0.2, 0.25) is 0 Å². The highest BCUT2D eigenvalue weighted by Crippen LogP contribution is 2.14. The highest BCUT2D eigenvalue weighted by Gasteiger charge is 2.36. The lowest BCUT2D eigenvalue weighted by molar-refractivity contribution is 0.123. The Morgan fingerprint density at radius 2 is 1.39 bits per heavy atom. The van der Waals surface area contributed by atoms with Crippen molar-refractivity contribution in [3.8, 4) is 0 Å². The number of rotatable bonds is 12. The van der Waals surface area contributed by atoms with Crippen LogP contribution in [0.15, 0.2) is 30.3 Å². The summed E-state index contributed by atoms with van der Waals surface area (Å²) in [6.45, 7) is 7.76. The quantitative estimate of drug-likeness (QED) is 0.452. The van der Waals surface area contributed by atoms with Crippen LogP contribution in [0.1, 0.15) is 25.8 Å². The molecule has 0 saturated carbocycles. The first-order chi connectivity index (χ1) is 11.3. The maximum Gasteiger partial charge on any atom is 0.500 e. The average molecular weight is 343 g/mol. The minimum Gasteiger partial charge on any atom is -0.377 e. The second kappa shape index (κ2) is 14.8. The molecule has 0 aliphatic carbocycles. The van der Waals surface area contributed by atoms with Crippen molar-refractivity contribution in [1.82, 2.24) is 10.6 Å². The molecule has 0 saturated heterocycles. The third-order valence-electron chi connectivity index (χ3n) is 3.42. The third-order valence-corrected chi connectivity index (χ3v) is 6.25. The predicted octanol–water partition coefficient (Wildman–Crippen LogP) is 2.66. The van der Waals surface area contributed by atoms with Crippen LogP contribution in [-0.2, 0) is 19.8 Å². The molecule has 2 N–H and O–H groups in total. The molecule has 0 amide bonds. The zero-order valence-electron chi connectivity index (χ0n) is 15.4. The largest absolute Gasteiger partial charge is 0.500 e. The van der Waals surface area contributed by atoms with Gasteiger partial charge in [0.15, 0.2) is 0 Å². The van der Waals surface area contributed by atoms with Gasteiger partial charge >= 0.3 is 8.80 Å². The van der Waals surface area contributed by atoms with Gasteiger partial charge in [-0.2, -0.15) is 0 Å². The monoisotopic (exact) mass is 342 g/mol. The fourth-order valence-electron chi connectivity index (χ4n) is 2.12. The normalized spacial score (nSPS) is 11.0. The fourth-order valence-corrected chi connectivity index (χ4v) is 3.84. The van der Waals surface area contributed by atoms with Crippen molar-refractivity contribution in [1.29, 1.82) is 0 Å². The zero-order valence-corrected chi connectivity index (χ0v) is 16.4. The van der Waals surface area contributed by atoms with Crippen LogP contribution in [0.4, 0.5) is 0 Å². The lowest BCUT2D eigenvalue weighted by Crippen LogP contribution is -2.43. The molecule has 0 spiro atoms.